The van der Waals surface area contributed by atoms with Gasteiger partial charge in [0.15, 0.2) is 0 Å². The average Bonchev–Trinajstić information content (AvgIpc) is 2.71. The number of para-hydroxylation sites is 1. The van der Waals surface area contributed by atoms with Gasteiger partial charge in [-0.3, -0.25) is 9.36 Å². The van der Waals surface area contributed by atoms with Gasteiger partial charge in [0.05, 0.1) is 5.52 Å². The Bertz CT molecular complexity index is 673. The molecule has 106 valence electrons. The summed E-state index contributed by atoms with van der Waals surface area (Å²) in [5.41, 5.74) is 3.39. The first-order chi connectivity index (χ1) is 9.39. The van der Waals surface area contributed by atoms with Crippen molar-refractivity contribution in [1.29, 1.82) is 0 Å². The van der Waals surface area contributed by atoms with E-state index in [0.717, 1.165) is 18.4 Å². The van der Waals surface area contributed by atoms with Crippen LogP contribution >= 0.6 is 0 Å². The number of rotatable bonds is 0. The molecule has 2 nitrogen and oxygen atoms in total. The summed E-state index contributed by atoms with van der Waals surface area (Å²) in [6.45, 7) is 8.31. The Labute approximate surface area is 120 Å². The monoisotopic (exact) mass is 269 g/mol. The van der Waals surface area contributed by atoms with Crippen molar-refractivity contribution in [2.75, 3.05) is 0 Å². The minimum absolute atomic E-state index is 0.213. The van der Waals surface area contributed by atoms with E-state index in [4.69, 9.17) is 0 Å². The summed E-state index contributed by atoms with van der Waals surface area (Å²) in [6.07, 6.45) is 3.30. The van der Waals surface area contributed by atoms with Crippen LogP contribution in [0.25, 0.3) is 10.9 Å². The molecule has 2 heteroatoms. The molecule has 1 heterocycles. The Kier molecular flexibility index (Phi) is 3.00. The van der Waals surface area contributed by atoms with Crippen molar-refractivity contribution in [1.82, 2.24) is 4.57 Å². The van der Waals surface area contributed by atoms with E-state index in [2.05, 4.69) is 25.1 Å². The third kappa shape index (κ3) is 1.98. The van der Waals surface area contributed by atoms with Crippen LogP contribution in [-0.2, 0) is 12.8 Å². The van der Waals surface area contributed by atoms with Crippen molar-refractivity contribution in [3.63, 3.8) is 0 Å². The van der Waals surface area contributed by atoms with Gasteiger partial charge in [0.25, 0.3) is 0 Å². The van der Waals surface area contributed by atoms with Gasteiger partial charge >= 0.3 is 0 Å². The van der Waals surface area contributed by atoms with Gasteiger partial charge in [0.1, 0.15) is 0 Å². The lowest BCUT2D eigenvalue weighted by atomic mass is 9.87. The number of carbonyl (C=O) groups is 1. The van der Waals surface area contributed by atoms with Crippen LogP contribution < -0.4 is 0 Å². The van der Waals surface area contributed by atoms with Gasteiger partial charge in [-0.25, -0.2) is 0 Å². The molecule has 0 aliphatic heterocycles. The van der Waals surface area contributed by atoms with E-state index in [-0.39, 0.29) is 11.3 Å². The van der Waals surface area contributed by atoms with Gasteiger partial charge < -0.3 is 0 Å². The third-order valence-corrected chi connectivity index (χ3v) is 4.36. The van der Waals surface area contributed by atoms with Gasteiger partial charge in [0, 0.05) is 16.5 Å². The van der Waals surface area contributed by atoms with Gasteiger partial charge in [-0.05, 0) is 36.8 Å². The van der Waals surface area contributed by atoms with Crippen molar-refractivity contribution in [3.05, 3.63) is 35.5 Å². The van der Waals surface area contributed by atoms with Gasteiger partial charge in [0.2, 0.25) is 5.91 Å². The first-order valence-electron chi connectivity index (χ1n) is 7.55. The lowest BCUT2D eigenvalue weighted by Gasteiger charge is -2.24. The van der Waals surface area contributed by atoms with Gasteiger partial charge in [-0.15, -0.1) is 0 Å². The summed E-state index contributed by atoms with van der Waals surface area (Å²) in [7, 11) is 0. The number of benzene rings is 1. The molecule has 0 saturated carbocycles. The van der Waals surface area contributed by atoms with E-state index in [1.54, 1.807) is 0 Å². The van der Waals surface area contributed by atoms with E-state index in [9.17, 15) is 4.79 Å². The topological polar surface area (TPSA) is 22.0 Å². The first kappa shape index (κ1) is 13.4. The molecule has 3 rings (SSSR count). The highest BCUT2D eigenvalue weighted by Gasteiger charge is 2.30. The maximum absolute atomic E-state index is 12.9. The van der Waals surface area contributed by atoms with E-state index < -0.39 is 0 Å². The molecule has 20 heavy (non-hydrogen) atoms. The SMILES string of the molecule is CC1CCc2c(c3ccccc3n2C(=O)C(C)(C)C)C1. The van der Waals surface area contributed by atoms with Crippen molar-refractivity contribution in [3.8, 4) is 0 Å². The fourth-order valence-electron chi connectivity index (χ4n) is 3.25. The quantitative estimate of drug-likeness (QED) is 0.692. The fourth-order valence-corrected chi connectivity index (χ4v) is 3.25. The van der Waals surface area contributed by atoms with Crippen LogP contribution in [0, 0.1) is 11.3 Å². The second-order valence-corrected chi connectivity index (χ2v) is 7.18. The molecule has 0 spiro atoms. The molecule has 0 saturated heterocycles. The fraction of sp³-hybridized carbons (Fsp3) is 0.500. The van der Waals surface area contributed by atoms with Crippen molar-refractivity contribution in [2.45, 2.75) is 47.0 Å². The standard InChI is InChI=1S/C18H23NO/c1-12-9-10-16-14(11-12)13-7-5-6-8-15(13)19(16)17(20)18(2,3)4/h5-8,12H,9-11H2,1-4H3. The van der Waals surface area contributed by atoms with Gasteiger partial charge in [-0.2, -0.15) is 0 Å². The second kappa shape index (κ2) is 4.47. The zero-order valence-electron chi connectivity index (χ0n) is 12.9. The smallest absolute Gasteiger partial charge is 0.236 e. The Hall–Kier alpha value is -1.57. The van der Waals surface area contributed by atoms with E-state index >= 15 is 0 Å². The van der Waals surface area contributed by atoms with E-state index in [1.165, 1.54) is 23.1 Å². The number of nitrogens with zero attached hydrogens (tertiary/aromatic N) is 1. The molecule has 2 aromatic rings. The Morgan fingerprint density at radius 2 is 1.95 bits per heavy atom. The zero-order chi connectivity index (χ0) is 14.5. The molecule has 1 unspecified atom stereocenters. The molecular weight excluding hydrogens is 246 g/mol. The Morgan fingerprint density at radius 1 is 1.25 bits per heavy atom. The van der Waals surface area contributed by atoms with E-state index in [1.807, 2.05) is 31.4 Å². The lowest BCUT2D eigenvalue weighted by molar-refractivity contribution is 0.0768. The normalized spacial score (nSPS) is 19.1. The van der Waals surface area contributed by atoms with Crippen LogP contribution in [0.15, 0.2) is 24.3 Å². The summed E-state index contributed by atoms with van der Waals surface area (Å²) in [4.78, 5) is 12.9. The van der Waals surface area contributed by atoms with Gasteiger partial charge in [-0.1, -0.05) is 45.9 Å². The summed E-state index contributed by atoms with van der Waals surface area (Å²) in [5.74, 6) is 0.927. The highest BCUT2D eigenvalue weighted by molar-refractivity contribution is 5.98. The second-order valence-electron chi connectivity index (χ2n) is 7.18. The summed E-state index contributed by atoms with van der Waals surface area (Å²) in [5, 5.41) is 1.27. The summed E-state index contributed by atoms with van der Waals surface area (Å²) in [6, 6.07) is 8.36. The number of aromatic nitrogens is 1. The predicted molar refractivity (Wildman–Crippen MR) is 83.2 cm³/mol. The minimum atomic E-state index is -0.349. The van der Waals surface area contributed by atoms with E-state index in [0.29, 0.717) is 5.92 Å². The van der Waals surface area contributed by atoms with Crippen LogP contribution in [0.4, 0.5) is 0 Å². The Balaban J connectivity index is 2.29. The largest absolute Gasteiger partial charge is 0.283 e. The molecule has 0 N–H and O–H groups in total. The highest BCUT2D eigenvalue weighted by atomic mass is 16.2. The van der Waals surface area contributed by atoms with Crippen molar-refractivity contribution < 1.29 is 4.79 Å². The molecule has 0 fully saturated rings. The lowest BCUT2D eigenvalue weighted by Crippen LogP contribution is -2.29. The van der Waals surface area contributed by atoms with Crippen molar-refractivity contribution >= 4 is 16.8 Å². The van der Waals surface area contributed by atoms with Crippen molar-refractivity contribution in [2.24, 2.45) is 11.3 Å². The number of hydrogen-bond donors (Lipinski definition) is 0. The highest BCUT2D eigenvalue weighted by Crippen LogP contribution is 2.35. The molecular formula is C18H23NO. The summed E-state index contributed by atoms with van der Waals surface area (Å²) < 4.78 is 2.00. The molecule has 1 atom stereocenters. The van der Waals surface area contributed by atoms with Crippen LogP contribution in [-0.4, -0.2) is 10.5 Å². The zero-order valence-corrected chi connectivity index (χ0v) is 12.9. The third-order valence-electron chi connectivity index (χ3n) is 4.36. The Morgan fingerprint density at radius 3 is 2.65 bits per heavy atom. The first-order valence-corrected chi connectivity index (χ1v) is 7.55. The number of hydrogen-bond acceptors (Lipinski definition) is 1. The summed E-state index contributed by atoms with van der Waals surface area (Å²) >= 11 is 0. The molecule has 1 aliphatic carbocycles. The van der Waals surface area contributed by atoms with Crippen LogP contribution in [0.1, 0.15) is 50.2 Å². The van der Waals surface area contributed by atoms with Crippen LogP contribution in [0.5, 0.6) is 0 Å². The number of fused-ring (bicyclic) bond motifs is 3. The maximum atomic E-state index is 12.9. The molecule has 0 bridgehead atoms. The molecule has 1 aromatic carbocycles. The number of carbonyl (C=O) groups excluding carboxylic acids is 1. The average molecular weight is 269 g/mol. The van der Waals surface area contributed by atoms with Crippen LogP contribution in [0.3, 0.4) is 0 Å². The van der Waals surface area contributed by atoms with Crippen LogP contribution in [0.2, 0.25) is 0 Å². The minimum Gasteiger partial charge on any atom is -0.283 e. The molecule has 0 radical (unpaired) electrons. The molecule has 0 amide bonds. The molecule has 1 aromatic heterocycles. The molecule has 1 aliphatic rings. The maximum Gasteiger partial charge on any atom is 0.236 e. The predicted octanol–water partition coefficient (Wildman–Crippen LogP) is 4.45.